The smallest absolute Gasteiger partial charge is 0.0721 e. The highest BCUT2D eigenvalue weighted by Crippen LogP contribution is 2.38. The normalized spacial score (nSPS) is 29.4. The largest absolute Gasteiger partial charge is 0.375 e. The molecule has 21 heavy (non-hydrogen) atoms. The highest BCUT2D eigenvalue weighted by atomic mass is 16.5. The molecule has 1 saturated carbocycles. The van der Waals surface area contributed by atoms with Crippen molar-refractivity contribution in [2.45, 2.75) is 56.8 Å². The van der Waals surface area contributed by atoms with E-state index in [0.717, 1.165) is 19.3 Å². The van der Waals surface area contributed by atoms with Crippen molar-refractivity contribution in [1.82, 2.24) is 10.2 Å². The van der Waals surface area contributed by atoms with Crippen LogP contribution in [0.2, 0.25) is 0 Å². The number of hydrogen-bond donors (Lipinski definition) is 1. The van der Waals surface area contributed by atoms with Crippen molar-refractivity contribution in [2.75, 3.05) is 19.7 Å². The van der Waals surface area contributed by atoms with E-state index >= 15 is 0 Å². The monoisotopic (exact) mass is 286 g/mol. The first kappa shape index (κ1) is 13.7. The summed E-state index contributed by atoms with van der Waals surface area (Å²) in [5.41, 5.74) is 2.89. The Kier molecular flexibility index (Phi) is 3.97. The summed E-state index contributed by atoms with van der Waals surface area (Å²) in [5, 5.41) is 3.71. The van der Waals surface area contributed by atoms with Crippen LogP contribution in [-0.4, -0.2) is 36.7 Å². The van der Waals surface area contributed by atoms with Gasteiger partial charge in [0.05, 0.1) is 19.3 Å². The van der Waals surface area contributed by atoms with Crippen LogP contribution in [0.1, 0.15) is 49.3 Å². The van der Waals surface area contributed by atoms with Crippen molar-refractivity contribution in [3.05, 3.63) is 35.4 Å². The Morgan fingerprint density at radius 2 is 2.05 bits per heavy atom. The average molecular weight is 286 g/mol. The van der Waals surface area contributed by atoms with Crippen LogP contribution in [0.4, 0.5) is 0 Å². The first-order valence-corrected chi connectivity index (χ1v) is 8.56. The van der Waals surface area contributed by atoms with Gasteiger partial charge in [-0.15, -0.1) is 0 Å². The molecule has 0 bridgehead atoms. The Morgan fingerprint density at radius 1 is 1.14 bits per heavy atom. The molecule has 1 aromatic carbocycles. The van der Waals surface area contributed by atoms with E-state index in [1.807, 2.05) is 0 Å². The number of nitrogens with one attached hydrogen (secondary N) is 1. The van der Waals surface area contributed by atoms with Gasteiger partial charge in [0.1, 0.15) is 0 Å². The van der Waals surface area contributed by atoms with Gasteiger partial charge >= 0.3 is 0 Å². The molecule has 3 heteroatoms. The van der Waals surface area contributed by atoms with E-state index < -0.39 is 0 Å². The number of benzene rings is 1. The summed E-state index contributed by atoms with van der Waals surface area (Å²) in [6, 6.07) is 10.8. The summed E-state index contributed by atoms with van der Waals surface area (Å²) in [5.74, 6) is 0. The van der Waals surface area contributed by atoms with E-state index in [1.165, 1.54) is 56.3 Å². The van der Waals surface area contributed by atoms with Crippen LogP contribution in [-0.2, 0) is 11.3 Å². The van der Waals surface area contributed by atoms with E-state index in [4.69, 9.17) is 4.74 Å². The van der Waals surface area contributed by atoms with E-state index in [2.05, 4.69) is 34.5 Å². The maximum absolute atomic E-state index is 5.89. The molecule has 4 rings (SSSR count). The summed E-state index contributed by atoms with van der Waals surface area (Å²) in [4.78, 5) is 2.74. The number of piperidine rings is 1. The minimum absolute atomic E-state index is 0.464. The average Bonchev–Trinajstić information content (AvgIpc) is 3.38. The number of hydrogen-bond acceptors (Lipinski definition) is 3. The van der Waals surface area contributed by atoms with Gasteiger partial charge in [-0.05, 0) is 43.4 Å². The van der Waals surface area contributed by atoms with Gasteiger partial charge in [0.25, 0.3) is 0 Å². The molecule has 114 valence electrons. The van der Waals surface area contributed by atoms with Gasteiger partial charge in [-0.1, -0.05) is 30.7 Å². The van der Waals surface area contributed by atoms with Crippen molar-refractivity contribution >= 4 is 0 Å². The zero-order valence-corrected chi connectivity index (χ0v) is 12.8. The van der Waals surface area contributed by atoms with E-state index in [0.29, 0.717) is 12.1 Å². The number of fused-ring (bicyclic) bond motifs is 1. The Balaban J connectivity index is 1.54. The van der Waals surface area contributed by atoms with Crippen LogP contribution in [0.25, 0.3) is 0 Å². The van der Waals surface area contributed by atoms with Crippen molar-refractivity contribution in [3.63, 3.8) is 0 Å². The predicted octanol–water partition coefficient (Wildman–Crippen LogP) is 2.86. The van der Waals surface area contributed by atoms with Gasteiger partial charge < -0.3 is 10.1 Å². The second kappa shape index (κ2) is 6.07. The molecule has 3 aliphatic rings. The summed E-state index contributed by atoms with van der Waals surface area (Å²) in [7, 11) is 0. The Labute approximate surface area is 127 Å². The van der Waals surface area contributed by atoms with Crippen molar-refractivity contribution < 1.29 is 4.74 Å². The molecule has 2 unspecified atom stereocenters. The molecule has 2 heterocycles. The lowest BCUT2D eigenvalue weighted by molar-refractivity contribution is 0.0234. The van der Waals surface area contributed by atoms with Gasteiger partial charge in [0.2, 0.25) is 0 Å². The number of rotatable bonds is 4. The van der Waals surface area contributed by atoms with E-state index in [1.54, 1.807) is 0 Å². The molecular weight excluding hydrogens is 260 g/mol. The highest BCUT2D eigenvalue weighted by Gasteiger charge is 2.37. The molecule has 1 aliphatic carbocycles. The maximum atomic E-state index is 5.89. The van der Waals surface area contributed by atoms with Crippen molar-refractivity contribution in [1.29, 1.82) is 0 Å². The maximum Gasteiger partial charge on any atom is 0.0721 e. The lowest BCUT2D eigenvalue weighted by Gasteiger charge is -2.39. The molecule has 0 spiro atoms. The number of ether oxygens (including phenoxy) is 1. The third kappa shape index (κ3) is 3.01. The molecule has 1 saturated heterocycles. The topological polar surface area (TPSA) is 24.5 Å². The van der Waals surface area contributed by atoms with Crippen LogP contribution >= 0.6 is 0 Å². The second-order valence-electron chi connectivity index (χ2n) is 6.80. The molecular formula is C18H26N2O. The van der Waals surface area contributed by atoms with Crippen LogP contribution in [0.15, 0.2) is 24.3 Å². The van der Waals surface area contributed by atoms with Gasteiger partial charge in [-0.25, -0.2) is 0 Å². The fourth-order valence-electron chi connectivity index (χ4n) is 3.91. The van der Waals surface area contributed by atoms with Gasteiger partial charge in [0.15, 0.2) is 0 Å². The fourth-order valence-corrected chi connectivity index (χ4v) is 3.91. The Morgan fingerprint density at radius 3 is 2.86 bits per heavy atom. The van der Waals surface area contributed by atoms with Gasteiger partial charge in [0, 0.05) is 18.6 Å². The zero-order valence-electron chi connectivity index (χ0n) is 12.8. The third-order valence-corrected chi connectivity index (χ3v) is 5.21. The van der Waals surface area contributed by atoms with Crippen LogP contribution in [0.3, 0.4) is 0 Å². The molecule has 0 radical (unpaired) electrons. The number of nitrogens with zero attached hydrogens (tertiary/aromatic N) is 1. The summed E-state index contributed by atoms with van der Waals surface area (Å²) in [6.45, 7) is 4.03. The van der Waals surface area contributed by atoms with Crippen molar-refractivity contribution in [2.24, 2.45) is 0 Å². The molecule has 1 aromatic rings. The summed E-state index contributed by atoms with van der Waals surface area (Å²) < 4.78 is 5.89. The molecule has 0 aromatic heterocycles. The minimum atomic E-state index is 0.464. The first-order valence-electron chi connectivity index (χ1n) is 8.56. The SMILES string of the molecule is c1ccc2c(c1)COCC2N(CC1CCCCN1)C1CC1. The van der Waals surface area contributed by atoms with Crippen molar-refractivity contribution in [3.8, 4) is 0 Å². The molecule has 0 amide bonds. The molecule has 2 aliphatic heterocycles. The first-order chi connectivity index (χ1) is 10.4. The fraction of sp³-hybridized carbons (Fsp3) is 0.667. The van der Waals surface area contributed by atoms with Crippen LogP contribution < -0.4 is 5.32 Å². The Bertz CT molecular complexity index is 480. The van der Waals surface area contributed by atoms with Gasteiger partial charge in [-0.2, -0.15) is 0 Å². The second-order valence-corrected chi connectivity index (χ2v) is 6.80. The van der Waals surface area contributed by atoms with Gasteiger partial charge in [-0.3, -0.25) is 4.90 Å². The highest BCUT2D eigenvalue weighted by molar-refractivity contribution is 5.31. The zero-order chi connectivity index (χ0) is 14.1. The minimum Gasteiger partial charge on any atom is -0.375 e. The molecule has 2 atom stereocenters. The standard InChI is InChI=1S/C18H26N2O/c1-2-7-17-14(5-1)12-21-13-18(17)20(16-8-9-16)11-15-6-3-4-10-19-15/h1-2,5,7,15-16,18-19H,3-4,6,8-13H2. The van der Waals surface area contributed by atoms with E-state index in [-0.39, 0.29) is 0 Å². The van der Waals surface area contributed by atoms with Crippen LogP contribution in [0, 0.1) is 0 Å². The molecule has 2 fully saturated rings. The van der Waals surface area contributed by atoms with E-state index in [9.17, 15) is 0 Å². The molecule has 1 N–H and O–H groups in total. The quantitative estimate of drug-likeness (QED) is 0.921. The van der Waals surface area contributed by atoms with Crippen LogP contribution in [0.5, 0.6) is 0 Å². The lowest BCUT2D eigenvalue weighted by atomic mass is 9.96. The third-order valence-electron chi connectivity index (χ3n) is 5.21. The Hall–Kier alpha value is -0.900. The summed E-state index contributed by atoms with van der Waals surface area (Å²) in [6.07, 6.45) is 6.79. The molecule has 3 nitrogen and oxygen atoms in total. The lowest BCUT2D eigenvalue weighted by Crippen LogP contribution is -2.47. The summed E-state index contributed by atoms with van der Waals surface area (Å²) >= 11 is 0. The predicted molar refractivity (Wildman–Crippen MR) is 84.2 cm³/mol.